The van der Waals surface area contributed by atoms with Crippen LogP contribution >= 0.6 is 0 Å². The van der Waals surface area contributed by atoms with Crippen molar-refractivity contribution in [2.24, 2.45) is 0 Å². The highest BCUT2D eigenvalue weighted by atomic mass is 16.4. The molecular weight excluding hydrogens is 206 g/mol. The Labute approximate surface area is 93.9 Å². The SMILES string of the molecule is CCN(CCC#N)c1cnccc1C(=O)O. The summed E-state index contributed by atoms with van der Waals surface area (Å²) < 4.78 is 0. The zero-order chi connectivity index (χ0) is 12.0. The van der Waals surface area contributed by atoms with E-state index in [1.165, 1.54) is 18.5 Å². The molecule has 0 aliphatic rings. The van der Waals surface area contributed by atoms with Gasteiger partial charge in [0.05, 0.1) is 29.9 Å². The van der Waals surface area contributed by atoms with Crippen LogP contribution < -0.4 is 4.90 Å². The van der Waals surface area contributed by atoms with Crippen molar-refractivity contribution < 1.29 is 9.90 Å². The number of aromatic carboxylic acids is 1. The van der Waals surface area contributed by atoms with Gasteiger partial charge in [0.1, 0.15) is 0 Å². The minimum absolute atomic E-state index is 0.217. The van der Waals surface area contributed by atoms with E-state index in [9.17, 15) is 4.79 Å². The summed E-state index contributed by atoms with van der Waals surface area (Å²) in [6, 6.07) is 3.51. The fourth-order valence-corrected chi connectivity index (χ4v) is 1.45. The van der Waals surface area contributed by atoms with Crippen molar-refractivity contribution in [2.75, 3.05) is 18.0 Å². The number of nitrogens with zero attached hydrogens (tertiary/aromatic N) is 3. The van der Waals surface area contributed by atoms with Gasteiger partial charge < -0.3 is 10.0 Å². The molecule has 0 bridgehead atoms. The van der Waals surface area contributed by atoms with Crippen LogP contribution in [0.3, 0.4) is 0 Å². The molecule has 0 spiro atoms. The predicted octanol–water partition coefficient (Wildman–Crippen LogP) is 1.52. The molecule has 1 aromatic heterocycles. The molecule has 0 amide bonds. The number of pyridine rings is 1. The first-order valence-corrected chi connectivity index (χ1v) is 5.00. The molecule has 1 N–H and O–H groups in total. The third-order valence-corrected chi connectivity index (χ3v) is 2.25. The van der Waals surface area contributed by atoms with E-state index >= 15 is 0 Å². The first-order valence-electron chi connectivity index (χ1n) is 5.00. The van der Waals surface area contributed by atoms with E-state index in [0.717, 1.165) is 0 Å². The van der Waals surface area contributed by atoms with Gasteiger partial charge in [-0.15, -0.1) is 0 Å². The maximum Gasteiger partial charge on any atom is 0.337 e. The Morgan fingerprint density at radius 2 is 2.44 bits per heavy atom. The van der Waals surface area contributed by atoms with Crippen molar-refractivity contribution in [3.8, 4) is 6.07 Å². The summed E-state index contributed by atoms with van der Waals surface area (Å²) in [5, 5.41) is 17.5. The lowest BCUT2D eigenvalue weighted by Crippen LogP contribution is -2.25. The molecule has 0 unspecified atom stereocenters. The van der Waals surface area contributed by atoms with E-state index < -0.39 is 5.97 Å². The van der Waals surface area contributed by atoms with Crippen LogP contribution in [0, 0.1) is 11.3 Å². The number of rotatable bonds is 5. The van der Waals surface area contributed by atoms with Gasteiger partial charge in [-0.2, -0.15) is 5.26 Å². The quantitative estimate of drug-likeness (QED) is 0.812. The van der Waals surface area contributed by atoms with E-state index in [-0.39, 0.29) is 5.56 Å². The standard InChI is InChI=1S/C11H13N3O2/c1-2-14(7-3-5-12)10-8-13-6-4-9(10)11(15)16/h4,6,8H,2-3,7H2,1H3,(H,15,16). The summed E-state index contributed by atoms with van der Waals surface area (Å²) in [5.74, 6) is -0.979. The Morgan fingerprint density at radius 1 is 1.69 bits per heavy atom. The molecule has 0 saturated heterocycles. The van der Waals surface area contributed by atoms with E-state index in [0.29, 0.717) is 25.2 Å². The number of aromatic nitrogens is 1. The van der Waals surface area contributed by atoms with E-state index in [1.54, 1.807) is 0 Å². The third kappa shape index (κ3) is 2.70. The summed E-state index contributed by atoms with van der Waals surface area (Å²) in [6.45, 7) is 3.07. The highest BCUT2D eigenvalue weighted by Crippen LogP contribution is 2.18. The number of hydrogen-bond acceptors (Lipinski definition) is 4. The number of carboxylic acids is 1. The van der Waals surface area contributed by atoms with Crippen LogP contribution in [0.4, 0.5) is 5.69 Å². The number of nitriles is 1. The fraction of sp³-hybridized carbons (Fsp3) is 0.364. The van der Waals surface area contributed by atoms with E-state index in [2.05, 4.69) is 4.98 Å². The van der Waals surface area contributed by atoms with Crippen LogP contribution in [-0.4, -0.2) is 29.1 Å². The molecule has 0 aromatic carbocycles. The summed E-state index contributed by atoms with van der Waals surface area (Å²) in [7, 11) is 0. The highest BCUT2D eigenvalue weighted by molar-refractivity contribution is 5.94. The molecular formula is C11H13N3O2. The van der Waals surface area contributed by atoms with Gasteiger partial charge in [-0.05, 0) is 13.0 Å². The second kappa shape index (κ2) is 5.71. The van der Waals surface area contributed by atoms with Gasteiger partial charge in [0.25, 0.3) is 0 Å². The van der Waals surface area contributed by atoms with Gasteiger partial charge >= 0.3 is 5.97 Å². The second-order valence-electron chi connectivity index (χ2n) is 3.19. The van der Waals surface area contributed by atoms with Crippen molar-refractivity contribution in [1.82, 2.24) is 4.98 Å². The van der Waals surface area contributed by atoms with Gasteiger partial charge in [-0.1, -0.05) is 0 Å². The summed E-state index contributed by atoms with van der Waals surface area (Å²) in [5.41, 5.74) is 0.780. The maximum absolute atomic E-state index is 11.0. The maximum atomic E-state index is 11.0. The van der Waals surface area contributed by atoms with E-state index in [4.69, 9.17) is 10.4 Å². The number of hydrogen-bond donors (Lipinski definition) is 1. The zero-order valence-corrected chi connectivity index (χ0v) is 9.05. The van der Waals surface area contributed by atoms with Crippen molar-refractivity contribution in [1.29, 1.82) is 5.26 Å². The minimum Gasteiger partial charge on any atom is -0.478 e. The zero-order valence-electron chi connectivity index (χ0n) is 9.05. The van der Waals surface area contributed by atoms with Crippen molar-refractivity contribution in [2.45, 2.75) is 13.3 Å². The molecule has 0 radical (unpaired) electrons. The van der Waals surface area contributed by atoms with Crippen LogP contribution in [0.2, 0.25) is 0 Å². The number of carbonyl (C=O) groups is 1. The van der Waals surface area contributed by atoms with Gasteiger partial charge in [0, 0.05) is 19.3 Å². The Kier molecular flexibility index (Phi) is 4.28. The lowest BCUT2D eigenvalue weighted by molar-refractivity contribution is 0.0697. The first-order chi connectivity index (χ1) is 7.70. The van der Waals surface area contributed by atoms with Crippen molar-refractivity contribution >= 4 is 11.7 Å². The molecule has 16 heavy (non-hydrogen) atoms. The monoisotopic (exact) mass is 219 g/mol. The van der Waals surface area contributed by atoms with Crippen LogP contribution in [0.1, 0.15) is 23.7 Å². The topological polar surface area (TPSA) is 77.2 Å². The van der Waals surface area contributed by atoms with Crippen molar-refractivity contribution in [3.63, 3.8) is 0 Å². The van der Waals surface area contributed by atoms with E-state index in [1.807, 2.05) is 17.9 Å². The van der Waals surface area contributed by atoms with Gasteiger partial charge in [-0.3, -0.25) is 4.98 Å². The normalized spacial score (nSPS) is 9.50. The largest absolute Gasteiger partial charge is 0.478 e. The average Bonchev–Trinajstić information content (AvgIpc) is 2.30. The molecule has 1 aromatic rings. The smallest absolute Gasteiger partial charge is 0.337 e. The van der Waals surface area contributed by atoms with Crippen molar-refractivity contribution in [3.05, 3.63) is 24.0 Å². The minimum atomic E-state index is -0.979. The van der Waals surface area contributed by atoms with Crippen LogP contribution in [0.25, 0.3) is 0 Å². The number of anilines is 1. The highest BCUT2D eigenvalue weighted by Gasteiger charge is 2.14. The lowest BCUT2D eigenvalue weighted by atomic mass is 10.2. The fourth-order valence-electron chi connectivity index (χ4n) is 1.45. The molecule has 0 fully saturated rings. The molecule has 0 atom stereocenters. The second-order valence-corrected chi connectivity index (χ2v) is 3.19. The Bertz CT molecular complexity index is 412. The summed E-state index contributed by atoms with van der Waals surface area (Å²) in [4.78, 5) is 16.7. The molecule has 0 aliphatic heterocycles. The Morgan fingerprint density at radius 3 is 3.00 bits per heavy atom. The molecule has 84 valence electrons. The van der Waals surface area contributed by atoms with Crippen LogP contribution in [-0.2, 0) is 0 Å². The van der Waals surface area contributed by atoms with Crippen LogP contribution in [0.5, 0.6) is 0 Å². The summed E-state index contributed by atoms with van der Waals surface area (Å²) in [6.07, 6.45) is 3.33. The molecule has 0 saturated carbocycles. The molecule has 1 rings (SSSR count). The molecule has 0 aliphatic carbocycles. The van der Waals surface area contributed by atoms with Crippen LogP contribution in [0.15, 0.2) is 18.5 Å². The first kappa shape index (κ1) is 12.0. The van der Waals surface area contributed by atoms with Gasteiger partial charge in [-0.25, -0.2) is 4.79 Å². The average molecular weight is 219 g/mol. The predicted molar refractivity (Wildman–Crippen MR) is 59.3 cm³/mol. The summed E-state index contributed by atoms with van der Waals surface area (Å²) >= 11 is 0. The van der Waals surface area contributed by atoms with Gasteiger partial charge in [0.2, 0.25) is 0 Å². The van der Waals surface area contributed by atoms with Gasteiger partial charge in [0.15, 0.2) is 0 Å². The molecule has 1 heterocycles. The lowest BCUT2D eigenvalue weighted by Gasteiger charge is -2.22. The molecule has 5 heteroatoms. The number of carboxylic acid groups (broad SMARTS) is 1. The third-order valence-electron chi connectivity index (χ3n) is 2.25. The molecule has 5 nitrogen and oxygen atoms in total. The Balaban J connectivity index is 3.00. The Hall–Kier alpha value is -2.09.